The number of hydrogen-bond acceptors (Lipinski definition) is 2. The molecule has 0 bridgehead atoms. The molecule has 92 valence electrons. The van der Waals surface area contributed by atoms with Gasteiger partial charge in [-0.25, -0.2) is 4.57 Å². The standard InChI is InChI=1S/C16H11NO2/c18-15-11-10-12-6-4-5-9-14(12)16(19)17(15)13-7-2-1-3-8-13/h1-11H. The fraction of sp³-hybridized carbons (Fsp3) is 0. The molecule has 0 unspecified atom stereocenters. The van der Waals surface area contributed by atoms with Crippen LogP contribution in [0.4, 0.5) is 0 Å². The van der Waals surface area contributed by atoms with E-state index in [0.29, 0.717) is 11.1 Å². The first-order chi connectivity index (χ1) is 9.27. The second-order valence-corrected chi connectivity index (χ2v) is 4.23. The molecule has 0 atom stereocenters. The summed E-state index contributed by atoms with van der Waals surface area (Å²) in [7, 11) is 0. The highest BCUT2D eigenvalue weighted by atomic mass is 16.2. The smallest absolute Gasteiger partial charge is 0.265 e. The molecule has 0 saturated heterocycles. The number of fused-ring (bicyclic) bond motifs is 1. The van der Waals surface area contributed by atoms with Gasteiger partial charge in [-0.1, -0.05) is 36.4 Å². The monoisotopic (exact) mass is 249 g/mol. The van der Waals surface area contributed by atoms with Crippen LogP contribution in [0.2, 0.25) is 0 Å². The number of benzene rings is 2. The van der Waals surface area contributed by atoms with Gasteiger partial charge in [0.2, 0.25) is 0 Å². The van der Waals surface area contributed by atoms with Crippen LogP contribution in [0, 0.1) is 0 Å². The zero-order valence-electron chi connectivity index (χ0n) is 10.1. The van der Waals surface area contributed by atoms with Crippen LogP contribution >= 0.6 is 0 Å². The molecule has 0 saturated carbocycles. The maximum atomic E-state index is 12.5. The number of para-hydroxylation sites is 1. The van der Waals surface area contributed by atoms with E-state index in [2.05, 4.69) is 0 Å². The summed E-state index contributed by atoms with van der Waals surface area (Å²) in [6.07, 6.45) is 0. The Bertz CT molecular complexity index is 851. The van der Waals surface area contributed by atoms with E-state index in [1.165, 1.54) is 10.6 Å². The minimum absolute atomic E-state index is 0.295. The molecule has 3 heteroatoms. The first-order valence-corrected chi connectivity index (χ1v) is 5.98. The number of hydrogen-bond donors (Lipinski definition) is 0. The average Bonchev–Trinajstić information content (AvgIpc) is 2.58. The molecular formula is C16H11NO2. The molecule has 19 heavy (non-hydrogen) atoms. The maximum absolute atomic E-state index is 12.5. The Balaban J connectivity index is 2.51. The van der Waals surface area contributed by atoms with Gasteiger partial charge < -0.3 is 0 Å². The third-order valence-corrected chi connectivity index (χ3v) is 3.03. The molecule has 0 aliphatic carbocycles. The van der Waals surface area contributed by atoms with Gasteiger partial charge in [0.25, 0.3) is 11.1 Å². The minimum atomic E-state index is -0.326. The van der Waals surface area contributed by atoms with Gasteiger partial charge in [0, 0.05) is 11.5 Å². The summed E-state index contributed by atoms with van der Waals surface area (Å²) in [5, 5.41) is 1.30. The molecule has 3 rings (SSSR count). The van der Waals surface area contributed by atoms with E-state index >= 15 is 0 Å². The zero-order chi connectivity index (χ0) is 13.2. The van der Waals surface area contributed by atoms with Crippen LogP contribution in [0.5, 0.6) is 0 Å². The highest BCUT2D eigenvalue weighted by Gasteiger charge is 2.05. The third kappa shape index (κ3) is 1.95. The summed E-state index contributed by atoms with van der Waals surface area (Å²) in [5.74, 6) is 0. The van der Waals surface area contributed by atoms with Crippen molar-refractivity contribution in [1.29, 1.82) is 0 Å². The zero-order valence-corrected chi connectivity index (χ0v) is 10.1. The van der Waals surface area contributed by atoms with Crippen molar-refractivity contribution in [3.8, 4) is 5.69 Å². The van der Waals surface area contributed by atoms with E-state index < -0.39 is 0 Å². The molecule has 0 aliphatic heterocycles. The van der Waals surface area contributed by atoms with Gasteiger partial charge in [-0.3, -0.25) is 9.59 Å². The third-order valence-electron chi connectivity index (χ3n) is 3.03. The molecule has 1 aromatic heterocycles. The van der Waals surface area contributed by atoms with Gasteiger partial charge in [0.15, 0.2) is 0 Å². The SMILES string of the molecule is O=c1ccc2ccccc2c(=O)n1-c1ccccc1. The molecule has 0 aliphatic rings. The van der Waals surface area contributed by atoms with Crippen molar-refractivity contribution in [3.05, 3.63) is 87.4 Å². The topological polar surface area (TPSA) is 39.1 Å². The maximum Gasteiger partial charge on any atom is 0.265 e. The van der Waals surface area contributed by atoms with Crippen molar-refractivity contribution >= 4 is 10.8 Å². The molecule has 2 aromatic carbocycles. The Kier molecular flexibility index (Phi) is 2.72. The van der Waals surface area contributed by atoms with E-state index in [1.807, 2.05) is 18.2 Å². The van der Waals surface area contributed by atoms with Crippen LogP contribution in [0.3, 0.4) is 0 Å². The van der Waals surface area contributed by atoms with E-state index in [9.17, 15) is 9.59 Å². The van der Waals surface area contributed by atoms with Crippen LogP contribution in [0.25, 0.3) is 16.5 Å². The van der Waals surface area contributed by atoms with Crippen LogP contribution in [-0.4, -0.2) is 4.57 Å². The molecule has 0 fully saturated rings. The lowest BCUT2D eigenvalue weighted by atomic mass is 10.2. The predicted octanol–water partition coefficient (Wildman–Crippen LogP) is 2.35. The Hall–Kier alpha value is -2.68. The highest BCUT2D eigenvalue weighted by molar-refractivity contribution is 5.81. The van der Waals surface area contributed by atoms with Crippen molar-refractivity contribution in [1.82, 2.24) is 4.57 Å². The number of nitrogens with zero attached hydrogens (tertiary/aromatic N) is 1. The largest absolute Gasteiger partial charge is 0.269 e. The van der Waals surface area contributed by atoms with Crippen LogP contribution in [0.15, 0.2) is 76.3 Å². The summed E-state index contributed by atoms with van der Waals surface area (Å²) in [5.41, 5.74) is -0.0388. The van der Waals surface area contributed by atoms with E-state index in [-0.39, 0.29) is 11.1 Å². The van der Waals surface area contributed by atoms with Crippen molar-refractivity contribution in [3.63, 3.8) is 0 Å². The molecule has 0 amide bonds. The Morgan fingerprint density at radius 2 is 1.37 bits per heavy atom. The summed E-state index contributed by atoms with van der Waals surface area (Å²) in [6.45, 7) is 0. The second-order valence-electron chi connectivity index (χ2n) is 4.23. The minimum Gasteiger partial charge on any atom is -0.269 e. The predicted molar refractivity (Wildman–Crippen MR) is 75.8 cm³/mol. The lowest BCUT2D eigenvalue weighted by molar-refractivity contribution is 0.966. The first kappa shape index (κ1) is 11.4. The van der Waals surface area contributed by atoms with Gasteiger partial charge in [-0.15, -0.1) is 0 Å². The Morgan fingerprint density at radius 3 is 2.16 bits per heavy atom. The van der Waals surface area contributed by atoms with Gasteiger partial charge in [0.1, 0.15) is 0 Å². The van der Waals surface area contributed by atoms with Crippen molar-refractivity contribution < 1.29 is 0 Å². The first-order valence-electron chi connectivity index (χ1n) is 5.98. The number of aromatic nitrogens is 1. The lowest BCUT2D eigenvalue weighted by Crippen LogP contribution is -2.27. The van der Waals surface area contributed by atoms with Crippen molar-refractivity contribution in [2.24, 2.45) is 0 Å². The summed E-state index contributed by atoms with van der Waals surface area (Å²) >= 11 is 0. The van der Waals surface area contributed by atoms with Gasteiger partial charge in [0.05, 0.1) is 5.69 Å². The Labute approximate surface area is 109 Å². The van der Waals surface area contributed by atoms with E-state index in [1.54, 1.807) is 42.5 Å². The van der Waals surface area contributed by atoms with Crippen molar-refractivity contribution in [2.75, 3.05) is 0 Å². The summed E-state index contributed by atoms with van der Waals surface area (Å²) < 4.78 is 1.20. The molecule has 0 N–H and O–H groups in total. The molecule has 3 aromatic rings. The second kappa shape index (κ2) is 4.53. The van der Waals surface area contributed by atoms with Crippen molar-refractivity contribution in [2.45, 2.75) is 0 Å². The van der Waals surface area contributed by atoms with E-state index in [0.717, 1.165) is 5.39 Å². The molecule has 1 heterocycles. The van der Waals surface area contributed by atoms with Crippen LogP contribution in [-0.2, 0) is 0 Å². The number of rotatable bonds is 1. The average molecular weight is 249 g/mol. The molecular weight excluding hydrogens is 238 g/mol. The fourth-order valence-corrected chi connectivity index (χ4v) is 2.11. The normalized spacial score (nSPS) is 10.5. The van der Waals surface area contributed by atoms with Gasteiger partial charge >= 0.3 is 0 Å². The summed E-state index contributed by atoms with van der Waals surface area (Å²) in [4.78, 5) is 24.6. The molecule has 3 nitrogen and oxygen atoms in total. The quantitative estimate of drug-likeness (QED) is 0.664. The Morgan fingerprint density at radius 1 is 0.684 bits per heavy atom. The molecule has 0 spiro atoms. The van der Waals surface area contributed by atoms with Gasteiger partial charge in [-0.05, 0) is 29.7 Å². The summed E-state index contributed by atoms with van der Waals surface area (Å²) in [6, 6.07) is 19.3. The van der Waals surface area contributed by atoms with Crippen LogP contribution in [0.1, 0.15) is 0 Å². The van der Waals surface area contributed by atoms with Gasteiger partial charge in [-0.2, -0.15) is 0 Å². The lowest BCUT2D eigenvalue weighted by Gasteiger charge is -2.01. The fourth-order valence-electron chi connectivity index (χ4n) is 2.11. The highest BCUT2D eigenvalue weighted by Crippen LogP contribution is 2.08. The van der Waals surface area contributed by atoms with E-state index in [4.69, 9.17) is 0 Å². The molecule has 0 radical (unpaired) electrons. The van der Waals surface area contributed by atoms with Crippen LogP contribution < -0.4 is 11.1 Å².